The van der Waals surface area contributed by atoms with E-state index in [1.54, 1.807) is 24.3 Å². The molecule has 1 heterocycles. The van der Waals surface area contributed by atoms with Gasteiger partial charge in [-0.1, -0.05) is 18.2 Å². The van der Waals surface area contributed by atoms with Crippen LogP contribution in [0.1, 0.15) is 28.5 Å². The minimum Gasteiger partial charge on any atom is -0.481 e. The smallest absolute Gasteiger partial charge is 0.305 e. The molecular formula is C12H13N3O4. The molecular weight excluding hydrogens is 250 g/mol. The summed E-state index contributed by atoms with van der Waals surface area (Å²) in [6.45, 7) is 0. The van der Waals surface area contributed by atoms with Crippen molar-refractivity contribution in [2.75, 3.05) is 0 Å². The maximum absolute atomic E-state index is 12.2. The van der Waals surface area contributed by atoms with Crippen molar-refractivity contribution in [3.8, 4) is 0 Å². The summed E-state index contributed by atoms with van der Waals surface area (Å²) in [4.78, 5) is 35.4. The van der Waals surface area contributed by atoms with E-state index in [0.29, 0.717) is 11.1 Å². The van der Waals surface area contributed by atoms with Gasteiger partial charge in [-0.2, -0.15) is 0 Å². The number of benzene rings is 1. The normalized spacial score (nSPS) is 19.1. The van der Waals surface area contributed by atoms with Gasteiger partial charge in [-0.05, 0) is 6.07 Å². The molecule has 7 heteroatoms. The Morgan fingerprint density at radius 2 is 2.00 bits per heavy atom. The molecule has 0 saturated heterocycles. The molecule has 0 aromatic heterocycles. The number of rotatable bonds is 4. The van der Waals surface area contributed by atoms with Crippen LogP contribution in [0.3, 0.4) is 0 Å². The average molecular weight is 263 g/mol. The monoisotopic (exact) mass is 263 g/mol. The van der Waals surface area contributed by atoms with Crippen LogP contribution in [0.15, 0.2) is 24.3 Å². The van der Waals surface area contributed by atoms with Crippen LogP contribution in [0.2, 0.25) is 0 Å². The van der Waals surface area contributed by atoms with Crippen molar-refractivity contribution in [2.45, 2.75) is 18.6 Å². The number of primary amides is 1. The van der Waals surface area contributed by atoms with Crippen LogP contribution >= 0.6 is 0 Å². The number of nitrogens with two attached hydrogens (primary N) is 2. The second-order valence-electron chi connectivity index (χ2n) is 4.26. The van der Waals surface area contributed by atoms with E-state index in [0.717, 1.165) is 4.90 Å². The van der Waals surface area contributed by atoms with E-state index in [1.165, 1.54) is 0 Å². The van der Waals surface area contributed by atoms with Gasteiger partial charge < -0.3 is 21.5 Å². The molecule has 19 heavy (non-hydrogen) atoms. The fraction of sp³-hybridized carbons (Fsp3) is 0.250. The number of nitrogens with zero attached hydrogens (tertiary/aromatic N) is 1. The molecule has 1 aromatic rings. The number of carbonyl (C=O) groups is 3. The van der Waals surface area contributed by atoms with Crippen LogP contribution in [-0.2, 0) is 9.59 Å². The molecule has 0 radical (unpaired) electrons. The van der Waals surface area contributed by atoms with Gasteiger partial charge in [-0.3, -0.25) is 14.4 Å². The minimum atomic E-state index is -1.26. The highest BCUT2D eigenvalue weighted by molar-refractivity contribution is 6.02. The molecule has 1 aliphatic rings. The Morgan fingerprint density at radius 3 is 2.53 bits per heavy atom. The van der Waals surface area contributed by atoms with Crippen LogP contribution in [0, 0.1) is 0 Å². The molecule has 2 unspecified atom stereocenters. The first kappa shape index (κ1) is 13.0. The molecule has 1 aliphatic heterocycles. The standard InChI is InChI=1S/C12H13N3O4/c13-10-6-3-1-2-4-7(6)12(19)15(10)8(11(14)18)5-9(16)17/h1-4,8,10H,5,13H2,(H2,14,18)(H,16,17). The highest BCUT2D eigenvalue weighted by Crippen LogP contribution is 2.32. The van der Waals surface area contributed by atoms with Crippen LogP contribution < -0.4 is 11.5 Å². The fourth-order valence-electron chi connectivity index (χ4n) is 2.20. The van der Waals surface area contributed by atoms with E-state index in [4.69, 9.17) is 16.6 Å². The van der Waals surface area contributed by atoms with E-state index in [9.17, 15) is 14.4 Å². The van der Waals surface area contributed by atoms with Gasteiger partial charge in [0.15, 0.2) is 0 Å². The van der Waals surface area contributed by atoms with Crippen LogP contribution in [0.25, 0.3) is 0 Å². The van der Waals surface area contributed by atoms with E-state index < -0.39 is 36.4 Å². The summed E-state index contributed by atoms with van der Waals surface area (Å²) >= 11 is 0. The predicted octanol–water partition coefficient (Wildman–Crippen LogP) is -0.572. The summed E-state index contributed by atoms with van der Waals surface area (Å²) < 4.78 is 0. The highest BCUT2D eigenvalue weighted by atomic mass is 16.4. The third kappa shape index (κ3) is 2.15. The number of carboxylic acids is 1. The quantitative estimate of drug-likeness (QED) is 0.670. The number of amides is 2. The van der Waals surface area contributed by atoms with Crippen molar-refractivity contribution >= 4 is 17.8 Å². The third-order valence-electron chi connectivity index (χ3n) is 3.08. The van der Waals surface area contributed by atoms with E-state index in [1.807, 2.05) is 0 Å². The van der Waals surface area contributed by atoms with Gasteiger partial charge in [0.25, 0.3) is 5.91 Å². The third-order valence-corrected chi connectivity index (χ3v) is 3.08. The summed E-state index contributed by atoms with van der Waals surface area (Å²) in [7, 11) is 0. The number of aliphatic carboxylic acids is 1. The molecule has 100 valence electrons. The molecule has 0 fully saturated rings. The predicted molar refractivity (Wildman–Crippen MR) is 64.8 cm³/mol. The molecule has 5 N–H and O–H groups in total. The SMILES string of the molecule is NC(=O)C(CC(=O)O)N1C(=O)c2ccccc2C1N. The fourth-order valence-corrected chi connectivity index (χ4v) is 2.20. The van der Waals surface area contributed by atoms with Crippen LogP contribution in [-0.4, -0.2) is 33.8 Å². The number of hydrogen-bond donors (Lipinski definition) is 3. The molecule has 0 spiro atoms. The Hall–Kier alpha value is -2.41. The zero-order valence-corrected chi connectivity index (χ0v) is 9.95. The summed E-state index contributed by atoms with van der Waals surface area (Å²) in [5.41, 5.74) is 12.0. The van der Waals surface area contributed by atoms with Crippen molar-refractivity contribution < 1.29 is 19.5 Å². The molecule has 0 aliphatic carbocycles. The second-order valence-corrected chi connectivity index (χ2v) is 4.26. The Morgan fingerprint density at radius 1 is 1.37 bits per heavy atom. The number of hydrogen-bond acceptors (Lipinski definition) is 4. The van der Waals surface area contributed by atoms with Gasteiger partial charge in [0.2, 0.25) is 5.91 Å². The zero-order chi connectivity index (χ0) is 14.2. The lowest BCUT2D eigenvalue weighted by Gasteiger charge is -2.28. The molecule has 0 saturated carbocycles. The maximum Gasteiger partial charge on any atom is 0.305 e. The first-order valence-corrected chi connectivity index (χ1v) is 5.61. The van der Waals surface area contributed by atoms with Crippen LogP contribution in [0.4, 0.5) is 0 Å². The lowest BCUT2D eigenvalue weighted by Crippen LogP contribution is -2.49. The Kier molecular flexibility index (Phi) is 3.22. The zero-order valence-electron chi connectivity index (χ0n) is 9.95. The summed E-state index contributed by atoms with van der Waals surface area (Å²) in [5, 5.41) is 8.80. The minimum absolute atomic E-state index is 0.367. The van der Waals surface area contributed by atoms with Gasteiger partial charge >= 0.3 is 5.97 Å². The van der Waals surface area contributed by atoms with Gasteiger partial charge in [-0.25, -0.2) is 0 Å². The number of carbonyl (C=O) groups excluding carboxylic acids is 2. The molecule has 2 atom stereocenters. The molecule has 1 aromatic carbocycles. The first-order valence-electron chi connectivity index (χ1n) is 5.61. The Balaban J connectivity index is 2.39. The van der Waals surface area contributed by atoms with Gasteiger partial charge in [0.1, 0.15) is 12.2 Å². The lowest BCUT2D eigenvalue weighted by molar-refractivity contribution is -0.141. The van der Waals surface area contributed by atoms with E-state index in [-0.39, 0.29) is 0 Å². The average Bonchev–Trinajstić information content (AvgIpc) is 2.60. The highest BCUT2D eigenvalue weighted by Gasteiger charge is 2.41. The van der Waals surface area contributed by atoms with E-state index in [2.05, 4.69) is 0 Å². The van der Waals surface area contributed by atoms with Crippen LogP contribution in [0.5, 0.6) is 0 Å². The number of carboxylic acid groups (broad SMARTS) is 1. The summed E-state index contributed by atoms with van der Waals surface area (Å²) in [6, 6.07) is 5.37. The molecule has 0 bridgehead atoms. The van der Waals surface area contributed by atoms with Gasteiger partial charge in [-0.15, -0.1) is 0 Å². The van der Waals surface area contributed by atoms with Crippen molar-refractivity contribution in [2.24, 2.45) is 11.5 Å². The Labute approximate surface area is 108 Å². The largest absolute Gasteiger partial charge is 0.481 e. The second kappa shape index (κ2) is 4.69. The van der Waals surface area contributed by atoms with Crippen molar-refractivity contribution in [1.29, 1.82) is 0 Å². The number of fused-ring (bicyclic) bond motifs is 1. The summed E-state index contributed by atoms with van der Waals surface area (Å²) in [6.07, 6.45) is -1.43. The summed E-state index contributed by atoms with van der Waals surface area (Å²) in [5.74, 6) is -2.59. The molecule has 2 amide bonds. The molecule has 7 nitrogen and oxygen atoms in total. The maximum atomic E-state index is 12.2. The van der Waals surface area contributed by atoms with Crippen molar-refractivity contribution in [3.63, 3.8) is 0 Å². The lowest BCUT2D eigenvalue weighted by atomic mass is 10.1. The molecule has 2 rings (SSSR count). The van der Waals surface area contributed by atoms with E-state index >= 15 is 0 Å². The first-order chi connectivity index (χ1) is 8.93. The Bertz CT molecular complexity index is 558. The van der Waals surface area contributed by atoms with Crippen molar-refractivity contribution in [3.05, 3.63) is 35.4 Å². The topological polar surface area (TPSA) is 127 Å². The van der Waals surface area contributed by atoms with Gasteiger partial charge in [0.05, 0.1) is 6.42 Å². The van der Waals surface area contributed by atoms with Gasteiger partial charge in [0, 0.05) is 11.1 Å². The van der Waals surface area contributed by atoms with Crippen molar-refractivity contribution in [1.82, 2.24) is 4.90 Å².